The molecule has 160 valence electrons. The molecule has 1 atom stereocenters. The van der Waals surface area contributed by atoms with E-state index in [9.17, 15) is 18.7 Å². The van der Waals surface area contributed by atoms with Crippen LogP contribution in [0.25, 0.3) is 0 Å². The van der Waals surface area contributed by atoms with Crippen molar-refractivity contribution < 1.29 is 53.0 Å². The summed E-state index contributed by atoms with van der Waals surface area (Å²) in [6.45, 7) is 1.54. The Labute approximate surface area is 160 Å². The fraction of sp³-hybridized carbons (Fsp3) is 0.429. The van der Waals surface area contributed by atoms with Gasteiger partial charge in [0.15, 0.2) is 5.92 Å². The van der Waals surface area contributed by atoms with Crippen molar-refractivity contribution in [2.45, 2.75) is 31.7 Å². The molecule has 28 heavy (non-hydrogen) atoms. The Morgan fingerprint density at radius 3 is 1.86 bits per heavy atom. The van der Waals surface area contributed by atoms with Crippen LogP contribution in [0.1, 0.15) is 25.3 Å². The van der Waals surface area contributed by atoms with E-state index in [-0.39, 0.29) is 19.3 Å². The summed E-state index contributed by atoms with van der Waals surface area (Å²) in [5, 5.41) is 17.2. The van der Waals surface area contributed by atoms with Gasteiger partial charge < -0.3 is 29.8 Å². The molecule has 0 fully saturated rings. The molecule has 0 amide bonds. The molecule has 0 spiro atoms. The summed E-state index contributed by atoms with van der Waals surface area (Å²) in [5.41, 5.74) is 3.18. The molecule has 0 heterocycles. The fourth-order valence-electron chi connectivity index (χ4n) is 1.94. The number of carboxylic acids is 2. The van der Waals surface area contributed by atoms with E-state index in [0.717, 1.165) is 0 Å². The van der Waals surface area contributed by atoms with Crippen molar-refractivity contribution in [3.05, 3.63) is 35.9 Å². The Morgan fingerprint density at radius 1 is 1.07 bits per heavy atom. The van der Waals surface area contributed by atoms with Crippen molar-refractivity contribution >= 4 is 27.4 Å². The zero-order valence-electron chi connectivity index (χ0n) is 14.8. The van der Waals surface area contributed by atoms with Crippen LogP contribution in [0.3, 0.4) is 0 Å². The van der Waals surface area contributed by atoms with Gasteiger partial charge in [-0.2, -0.15) is 0 Å². The summed E-state index contributed by atoms with van der Waals surface area (Å²) in [6.07, 6.45) is -0.129. The molecule has 0 saturated heterocycles. The van der Waals surface area contributed by atoms with E-state index >= 15 is 0 Å². The van der Waals surface area contributed by atoms with Crippen LogP contribution < -0.4 is 5.73 Å². The highest BCUT2D eigenvalue weighted by Crippen LogP contribution is 2.56. The SMILES string of the molecule is CCCC(N)(OP(=O)(O)O)P(=O)(O)O.O=C(O)C(Cc1ccccc1)C(=O)O. The predicted octanol–water partition coefficient (Wildman–Crippen LogP) is 0.700. The average Bonchev–Trinajstić information content (AvgIpc) is 2.51. The Morgan fingerprint density at radius 2 is 1.54 bits per heavy atom. The van der Waals surface area contributed by atoms with Crippen molar-refractivity contribution in [2.24, 2.45) is 11.7 Å². The third-order valence-electron chi connectivity index (χ3n) is 3.26. The summed E-state index contributed by atoms with van der Waals surface area (Å²) < 4.78 is 25.2. The first-order chi connectivity index (χ1) is 12.6. The second kappa shape index (κ2) is 10.8. The van der Waals surface area contributed by atoms with Gasteiger partial charge in [0.2, 0.25) is 5.47 Å². The van der Waals surface area contributed by atoms with E-state index in [2.05, 4.69) is 4.52 Å². The van der Waals surface area contributed by atoms with Crippen LogP contribution in [-0.4, -0.2) is 47.2 Å². The molecule has 0 aliphatic carbocycles. The molecule has 0 saturated carbocycles. The fourth-order valence-corrected chi connectivity index (χ4v) is 3.70. The van der Waals surface area contributed by atoms with Gasteiger partial charge >= 0.3 is 27.4 Å². The van der Waals surface area contributed by atoms with E-state index in [4.69, 9.17) is 35.5 Å². The van der Waals surface area contributed by atoms with Crippen LogP contribution >= 0.6 is 15.4 Å². The van der Waals surface area contributed by atoms with E-state index in [1.807, 2.05) is 0 Å². The van der Waals surface area contributed by atoms with Gasteiger partial charge in [0.25, 0.3) is 0 Å². The first-order valence-electron chi connectivity index (χ1n) is 7.73. The summed E-state index contributed by atoms with van der Waals surface area (Å²) >= 11 is 0. The molecular weight excluding hydrogens is 420 g/mol. The molecule has 0 aliphatic heterocycles. The molecule has 1 aromatic carbocycles. The first kappa shape index (κ1) is 26.4. The van der Waals surface area contributed by atoms with Crippen LogP contribution in [0, 0.1) is 5.92 Å². The third kappa shape index (κ3) is 9.54. The monoisotopic (exact) mass is 443 g/mol. The molecule has 8 N–H and O–H groups in total. The standard InChI is InChI=1S/C10H10O4.C4H13NO7P2/c11-9(12)8(10(13)14)6-7-4-2-1-3-5-7;1-2-3-4(5,13(6,7)8)12-14(9,10)11/h1-5,8H,6H2,(H,11,12)(H,13,14);2-3,5H2,1H3,(H2,6,7,8)(H2,9,10,11). The number of hydrogen-bond acceptors (Lipinski definition) is 6. The van der Waals surface area contributed by atoms with E-state index < -0.39 is 38.7 Å². The Balaban J connectivity index is 0.000000521. The van der Waals surface area contributed by atoms with Crippen LogP contribution in [0.4, 0.5) is 0 Å². The topological polar surface area (TPSA) is 225 Å². The summed E-state index contributed by atoms with van der Waals surface area (Å²) in [4.78, 5) is 55.4. The molecule has 12 nitrogen and oxygen atoms in total. The molecule has 1 rings (SSSR count). The zero-order valence-corrected chi connectivity index (χ0v) is 16.6. The van der Waals surface area contributed by atoms with Crippen molar-refractivity contribution in [1.82, 2.24) is 0 Å². The van der Waals surface area contributed by atoms with Crippen molar-refractivity contribution in [3.63, 3.8) is 0 Å². The van der Waals surface area contributed by atoms with Crippen LogP contribution in [-0.2, 0) is 29.7 Å². The third-order valence-corrected chi connectivity index (χ3v) is 5.27. The number of rotatable bonds is 9. The maximum atomic E-state index is 10.8. The lowest BCUT2D eigenvalue weighted by atomic mass is 10.00. The van der Waals surface area contributed by atoms with Gasteiger partial charge in [-0.05, 0) is 12.0 Å². The molecule has 0 radical (unpaired) electrons. The van der Waals surface area contributed by atoms with Crippen molar-refractivity contribution in [3.8, 4) is 0 Å². The minimum absolute atomic E-state index is 0.0194. The number of phosphoric ester groups is 1. The van der Waals surface area contributed by atoms with Crippen LogP contribution in [0.15, 0.2) is 30.3 Å². The van der Waals surface area contributed by atoms with Crippen molar-refractivity contribution in [2.75, 3.05) is 0 Å². The van der Waals surface area contributed by atoms with E-state index in [0.29, 0.717) is 5.56 Å². The molecule has 1 unspecified atom stereocenters. The van der Waals surface area contributed by atoms with Gasteiger partial charge in [-0.15, -0.1) is 0 Å². The molecule has 0 aliphatic rings. The highest BCUT2D eigenvalue weighted by molar-refractivity contribution is 7.54. The summed E-state index contributed by atoms with van der Waals surface area (Å²) in [6, 6.07) is 8.70. The average molecular weight is 443 g/mol. The quantitative estimate of drug-likeness (QED) is 0.159. The number of carbonyl (C=O) groups is 2. The summed E-state index contributed by atoms with van der Waals surface area (Å²) in [5.74, 6) is -3.97. The number of aliphatic carboxylic acids is 2. The maximum Gasteiger partial charge on any atom is 0.471 e. The smallest absolute Gasteiger partial charge is 0.471 e. The number of benzene rings is 1. The number of carboxylic acid groups (broad SMARTS) is 2. The van der Waals surface area contributed by atoms with Crippen LogP contribution in [0.5, 0.6) is 0 Å². The van der Waals surface area contributed by atoms with E-state index in [1.165, 1.54) is 0 Å². The second-order valence-corrected chi connectivity index (χ2v) is 8.65. The Hall–Kier alpha value is -1.62. The highest BCUT2D eigenvalue weighted by Gasteiger charge is 2.48. The van der Waals surface area contributed by atoms with Gasteiger partial charge in [0, 0.05) is 6.42 Å². The second-order valence-electron chi connectivity index (χ2n) is 5.64. The predicted molar refractivity (Wildman–Crippen MR) is 95.9 cm³/mol. The Kier molecular flexibility index (Phi) is 10.2. The van der Waals surface area contributed by atoms with E-state index in [1.54, 1.807) is 37.3 Å². The molecular formula is C14H23NO11P2. The van der Waals surface area contributed by atoms with Crippen molar-refractivity contribution in [1.29, 1.82) is 0 Å². The molecule has 1 aromatic rings. The van der Waals surface area contributed by atoms with Gasteiger partial charge in [-0.1, -0.05) is 43.7 Å². The minimum atomic E-state index is -5.03. The summed E-state index contributed by atoms with van der Waals surface area (Å²) in [7, 11) is -9.97. The zero-order chi connectivity index (χ0) is 22.2. The molecule has 0 bridgehead atoms. The largest absolute Gasteiger partial charge is 0.481 e. The Bertz CT molecular complexity index is 731. The lowest BCUT2D eigenvalue weighted by Crippen LogP contribution is -2.41. The molecule has 14 heteroatoms. The number of phosphoric acid groups is 1. The maximum absolute atomic E-state index is 10.8. The number of nitrogens with two attached hydrogens (primary N) is 1. The van der Waals surface area contributed by atoms with Gasteiger partial charge in [0.05, 0.1) is 0 Å². The van der Waals surface area contributed by atoms with Gasteiger partial charge in [0.1, 0.15) is 0 Å². The first-order valence-corrected chi connectivity index (χ1v) is 10.9. The minimum Gasteiger partial charge on any atom is -0.481 e. The van der Waals surface area contributed by atoms with Gasteiger partial charge in [-0.3, -0.25) is 24.4 Å². The number of hydrogen-bond donors (Lipinski definition) is 7. The van der Waals surface area contributed by atoms with Crippen LogP contribution in [0.2, 0.25) is 0 Å². The lowest BCUT2D eigenvalue weighted by Gasteiger charge is -2.29. The highest BCUT2D eigenvalue weighted by atomic mass is 31.2. The lowest BCUT2D eigenvalue weighted by molar-refractivity contribution is -0.154. The normalized spacial score (nSPS) is 14.0. The van der Waals surface area contributed by atoms with Gasteiger partial charge in [-0.25, -0.2) is 4.57 Å². The molecule has 0 aromatic heterocycles.